The molecule has 0 aromatic carbocycles. The molecule has 1 aliphatic rings. The Bertz CT molecular complexity index is 764. The smallest absolute Gasteiger partial charge is 0.256 e. The van der Waals surface area contributed by atoms with E-state index in [9.17, 15) is 0 Å². The molecule has 0 aliphatic heterocycles. The topological polar surface area (TPSA) is 75.8 Å². The zero-order valence-electron chi connectivity index (χ0n) is 17.5. The predicted molar refractivity (Wildman–Crippen MR) is 108 cm³/mol. The number of methoxy groups -OCH3 is 1. The van der Waals surface area contributed by atoms with E-state index < -0.39 is 8.32 Å². The first kappa shape index (κ1) is 20.8. The molecular weight excluding hydrogens is 376 g/mol. The van der Waals surface area contributed by atoms with Gasteiger partial charge in [-0.3, -0.25) is 0 Å². The molecule has 2 aromatic rings. The maximum atomic E-state index is 6.41. The van der Waals surface area contributed by atoms with Gasteiger partial charge in [0, 0.05) is 43.8 Å². The van der Waals surface area contributed by atoms with E-state index in [1.165, 1.54) is 0 Å². The van der Waals surface area contributed by atoms with E-state index in [1.54, 1.807) is 19.4 Å². The summed E-state index contributed by atoms with van der Waals surface area (Å²) in [5.74, 6) is 1.56. The van der Waals surface area contributed by atoms with Crippen molar-refractivity contribution in [2.75, 3.05) is 13.9 Å². The zero-order valence-corrected chi connectivity index (χ0v) is 18.5. The number of hydrogen-bond donors (Lipinski definition) is 0. The minimum absolute atomic E-state index is 0.124. The van der Waals surface area contributed by atoms with Crippen LogP contribution in [0.25, 0.3) is 11.3 Å². The Balaban J connectivity index is 1.49. The third-order valence-electron chi connectivity index (χ3n) is 5.44. The summed E-state index contributed by atoms with van der Waals surface area (Å²) in [5, 5.41) is 4.06. The van der Waals surface area contributed by atoms with Gasteiger partial charge < -0.3 is 23.2 Å². The summed E-state index contributed by atoms with van der Waals surface area (Å²) in [4.78, 5) is 4.38. The highest BCUT2D eigenvalue weighted by Crippen LogP contribution is 2.40. The third kappa shape index (κ3) is 4.92. The van der Waals surface area contributed by atoms with E-state index in [-0.39, 0.29) is 17.9 Å². The second-order valence-corrected chi connectivity index (χ2v) is 13.4. The van der Waals surface area contributed by atoms with Crippen LogP contribution in [-0.4, -0.2) is 44.6 Å². The van der Waals surface area contributed by atoms with Crippen LogP contribution in [0.3, 0.4) is 0 Å². The van der Waals surface area contributed by atoms with Gasteiger partial charge in [0.2, 0.25) is 5.88 Å². The molecule has 1 saturated carbocycles. The maximum Gasteiger partial charge on any atom is 0.256 e. The van der Waals surface area contributed by atoms with Crippen molar-refractivity contribution in [2.45, 2.75) is 64.0 Å². The molecule has 0 bridgehead atoms. The summed E-state index contributed by atoms with van der Waals surface area (Å²) in [6, 6.07) is 5.44. The largest absolute Gasteiger partial charge is 0.474 e. The molecule has 8 heteroatoms. The van der Waals surface area contributed by atoms with Gasteiger partial charge in [-0.25, -0.2) is 4.98 Å². The summed E-state index contributed by atoms with van der Waals surface area (Å²) in [7, 11) is -0.167. The molecule has 2 heterocycles. The second kappa shape index (κ2) is 8.22. The van der Waals surface area contributed by atoms with Crippen molar-refractivity contribution in [2.24, 2.45) is 0 Å². The number of ether oxygens (including phenoxy) is 3. The lowest BCUT2D eigenvalue weighted by molar-refractivity contribution is -0.00526. The van der Waals surface area contributed by atoms with Crippen molar-refractivity contribution >= 4 is 8.32 Å². The van der Waals surface area contributed by atoms with E-state index >= 15 is 0 Å². The number of hydrogen-bond acceptors (Lipinski definition) is 7. The van der Waals surface area contributed by atoms with Crippen LogP contribution in [0, 0.1) is 0 Å². The second-order valence-electron chi connectivity index (χ2n) is 8.68. The molecule has 154 valence electrons. The summed E-state index contributed by atoms with van der Waals surface area (Å²) in [6.45, 7) is 11.5. The highest BCUT2D eigenvalue weighted by atomic mass is 28.4. The first-order chi connectivity index (χ1) is 13.2. The molecule has 7 nitrogen and oxygen atoms in total. The number of pyridine rings is 1. The monoisotopic (exact) mass is 406 g/mol. The van der Waals surface area contributed by atoms with Crippen LogP contribution < -0.4 is 9.47 Å². The van der Waals surface area contributed by atoms with Crippen LogP contribution in [0.5, 0.6) is 11.8 Å². The molecule has 0 N–H and O–H groups in total. The number of nitrogens with zero attached hydrogens (tertiary/aromatic N) is 2. The van der Waals surface area contributed by atoms with Gasteiger partial charge in [0.1, 0.15) is 6.10 Å². The molecule has 1 aliphatic carbocycles. The van der Waals surface area contributed by atoms with Crippen molar-refractivity contribution in [3.63, 3.8) is 0 Å². The van der Waals surface area contributed by atoms with Crippen molar-refractivity contribution in [1.82, 2.24) is 10.1 Å². The fourth-order valence-corrected chi connectivity index (χ4v) is 4.03. The van der Waals surface area contributed by atoms with Gasteiger partial charge >= 0.3 is 0 Å². The highest BCUT2D eigenvalue weighted by molar-refractivity contribution is 6.74. The molecule has 0 atom stereocenters. The van der Waals surface area contributed by atoms with Gasteiger partial charge in [0.05, 0.1) is 6.10 Å². The lowest BCUT2D eigenvalue weighted by Crippen LogP contribution is -2.50. The van der Waals surface area contributed by atoms with E-state index in [2.05, 4.69) is 44.0 Å². The Morgan fingerprint density at radius 2 is 1.89 bits per heavy atom. The molecule has 0 spiro atoms. The van der Waals surface area contributed by atoms with Gasteiger partial charge in [-0.1, -0.05) is 20.8 Å². The Hall–Kier alpha value is -1.90. The fraction of sp³-hybridized carbons (Fsp3) is 0.600. The van der Waals surface area contributed by atoms with Gasteiger partial charge in [-0.15, -0.1) is 0 Å². The van der Waals surface area contributed by atoms with Gasteiger partial charge in [0.25, 0.3) is 5.88 Å². The average Bonchev–Trinajstić information content (AvgIpc) is 3.06. The van der Waals surface area contributed by atoms with Crippen LogP contribution in [0.2, 0.25) is 18.1 Å². The lowest BCUT2D eigenvalue weighted by atomic mass is 9.92. The van der Waals surface area contributed by atoms with E-state index in [1.807, 2.05) is 12.1 Å². The van der Waals surface area contributed by atoms with E-state index in [4.69, 9.17) is 23.2 Å². The zero-order chi connectivity index (χ0) is 20.4. The lowest BCUT2D eigenvalue weighted by Gasteiger charge is -2.44. The molecule has 28 heavy (non-hydrogen) atoms. The minimum Gasteiger partial charge on any atom is -0.474 e. The Labute approximate surface area is 167 Å². The van der Waals surface area contributed by atoms with Gasteiger partial charge in [-0.2, -0.15) is 0 Å². The van der Waals surface area contributed by atoms with Crippen molar-refractivity contribution in [1.29, 1.82) is 0 Å². The third-order valence-corrected chi connectivity index (χ3v) is 9.98. The molecule has 0 unspecified atom stereocenters. The Morgan fingerprint density at radius 1 is 1.14 bits per heavy atom. The van der Waals surface area contributed by atoms with Crippen molar-refractivity contribution in [3.8, 4) is 23.1 Å². The molecule has 0 radical (unpaired) electrons. The summed E-state index contributed by atoms with van der Waals surface area (Å²) in [6.07, 6.45) is 3.99. The Morgan fingerprint density at radius 3 is 2.50 bits per heavy atom. The first-order valence-electron chi connectivity index (χ1n) is 9.57. The minimum atomic E-state index is -1.72. The quantitative estimate of drug-likeness (QED) is 0.466. The van der Waals surface area contributed by atoms with Gasteiger partial charge in [0.15, 0.2) is 20.9 Å². The van der Waals surface area contributed by atoms with Crippen molar-refractivity contribution in [3.05, 3.63) is 24.4 Å². The first-order valence-corrected chi connectivity index (χ1v) is 12.5. The standard InChI is InChI=1S/C20H30N2O5Si/c1-20(2,3)28(5,6)27-16-9-15(10-16)25-18-8-7-14(12-21-18)17-11-19(22-26-17)24-13-23-4/h7-8,11-12,15-16H,9-10,13H2,1-6H3/t15-,16+. The van der Waals surface area contributed by atoms with E-state index in [0.29, 0.717) is 23.6 Å². The average molecular weight is 407 g/mol. The molecule has 2 aromatic heterocycles. The van der Waals surface area contributed by atoms with Crippen LogP contribution in [0.15, 0.2) is 28.9 Å². The van der Waals surface area contributed by atoms with Crippen LogP contribution in [0.4, 0.5) is 0 Å². The number of rotatable bonds is 8. The van der Waals surface area contributed by atoms with Crippen LogP contribution >= 0.6 is 0 Å². The normalized spacial score (nSPS) is 19.9. The maximum absolute atomic E-state index is 6.41. The SMILES string of the molecule is COCOc1cc(-c2ccc(O[C@H]3C[C@@H](O[Si](C)(C)C(C)(C)C)C3)nc2)on1. The van der Waals surface area contributed by atoms with Gasteiger partial charge in [-0.05, 0) is 29.4 Å². The summed E-state index contributed by atoms with van der Waals surface area (Å²) in [5.41, 5.74) is 0.805. The molecule has 0 amide bonds. The molecule has 1 fully saturated rings. The summed E-state index contributed by atoms with van der Waals surface area (Å²) < 4.78 is 27.7. The number of aromatic nitrogens is 2. The molecular formula is C20H30N2O5Si. The molecule has 0 saturated heterocycles. The van der Waals surface area contributed by atoms with Crippen LogP contribution in [0.1, 0.15) is 33.6 Å². The molecule has 3 rings (SSSR count). The van der Waals surface area contributed by atoms with Crippen molar-refractivity contribution < 1.29 is 23.2 Å². The predicted octanol–water partition coefficient (Wildman–Crippen LogP) is 4.65. The fourth-order valence-electron chi connectivity index (χ4n) is 2.65. The summed E-state index contributed by atoms with van der Waals surface area (Å²) >= 11 is 0. The van der Waals surface area contributed by atoms with E-state index in [0.717, 1.165) is 18.4 Å². The Kier molecular flexibility index (Phi) is 6.11. The van der Waals surface area contributed by atoms with Crippen LogP contribution in [-0.2, 0) is 9.16 Å². The highest BCUT2D eigenvalue weighted by Gasteiger charge is 2.43.